The van der Waals surface area contributed by atoms with E-state index in [1.165, 1.54) is 19.1 Å². The summed E-state index contributed by atoms with van der Waals surface area (Å²) < 4.78 is 85.9. The largest absolute Gasteiger partial charge is 0.573 e. The maximum atomic E-state index is 13.3. The van der Waals surface area contributed by atoms with E-state index in [4.69, 9.17) is 4.74 Å². The van der Waals surface area contributed by atoms with Crippen molar-refractivity contribution in [1.82, 2.24) is 0 Å². The van der Waals surface area contributed by atoms with Crippen molar-refractivity contribution < 1.29 is 40.6 Å². The molecule has 2 amide bonds. The Labute approximate surface area is 167 Å². The number of carbonyl (C=O) groups is 1. The Bertz CT molecular complexity index is 972. The van der Waals surface area contributed by atoms with Crippen LogP contribution in [0.5, 0.6) is 11.5 Å². The first kappa shape index (κ1) is 21.6. The number of hydrogen-bond donors (Lipinski definition) is 1. The molecule has 0 fully saturated rings. The fourth-order valence-corrected chi connectivity index (χ4v) is 3.22. The number of carbonyl (C=O) groups excluding carboxylic acids is 1. The zero-order chi connectivity index (χ0) is 22.3. The second-order valence-electron chi connectivity index (χ2n) is 6.59. The summed E-state index contributed by atoms with van der Waals surface area (Å²) in [6, 6.07) is 4.80. The molecule has 2 aromatic carbocycles. The molecule has 0 saturated heterocycles. The van der Waals surface area contributed by atoms with Gasteiger partial charge in [0, 0.05) is 24.0 Å². The summed E-state index contributed by atoms with van der Waals surface area (Å²) in [6.07, 6.45) is -9.30. The van der Waals surface area contributed by atoms with Crippen LogP contribution in [0.4, 0.5) is 42.5 Å². The van der Waals surface area contributed by atoms with Gasteiger partial charge in [0.15, 0.2) is 0 Å². The van der Waals surface area contributed by atoms with Crippen LogP contribution < -0.4 is 19.7 Å². The number of halogens is 6. The zero-order valence-corrected chi connectivity index (χ0v) is 15.7. The molecule has 0 spiro atoms. The number of fused-ring (bicyclic) bond motifs is 1. The minimum atomic E-state index is -4.91. The average Bonchev–Trinajstić information content (AvgIpc) is 3.00. The van der Waals surface area contributed by atoms with Crippen LogP contribution in [-0.4, -0.2) is 26.0 Å². The normalized spacial score (nSPS) is 13.8. The summed E-state index contributed by atoms with van der Waals surface area (Å²) in [6.45, 7) is 1.61. The number of ether oxygens (including phenoxy) is 2. The van der Waals surface area contributed by atoms with Gasteiger partial charge in [-0.3, -0.25) is 4.90 Å². The van der Waals surface area contributed by atoms with Gasteiger partial charge in [-0.1, -0.05) is 0 Å². The molecule has 162 valence electrons. The number of benzene rings is 2. The predicted molar refractivity (Wildman–Crippen MR) is 95.9 cm³/mol. The van der Waals surface area contributed by atoms with E-state index in [1.807, 2.05) is 0 Å². The van der Waals surface area contributed by atoms with Gasteiger partial charge in [0.1, 0.15) is 11.5 Å². The van der Waals surface area contributed by atoms with Gasteiger partial charge < -0.3 is 14.8 Å². The number of anilines is 2. The smallest absolute Gasteiger partial charge is 0.496 e. The molecule has 0 unspecified atom stereocenters. The van der Waals surface area contributed by atoms with Crippen LogP contribution in [0.1, 0.15) is 16.7 Å². The third-order valence-electron chi connectivity index (χ3n) is 4.38. The van der Waals surface area contributed by atoms with Gasteiger partial charge in [0.05, 0.1) is 12.7 Å². The molecule has 2 aromatic rings. The number of rotatable bonds is 3. The molecule has 3 rings (SSSR count). The molecule has 5 nitrogen and oxygen atoms in total. The maximum Gasteiger partial charge on any atom is 0.573 e. The number of methoxy groups -OCH3 is 1. The molecular formula is C19H16F6N2O3. The fourth-order valence-electron chi connectivity index (χ4n) is 3.22. The number of nitrogens with zero attached hydrogens (tertiary/aromatic N) is 1. The highest BCUT2D eigenvalue weighted by Gasteiger charge is 2.38. The molecule has 1 aliphatic heterocycles. The lowest BCUT2D eigenvalue weighted by molar-refractivity contribution is -0.274. The quantitative estimate of drug-likeness (QED) is 0.648. The molecule has 0 saturated carbocycles. The highest BCUT2D eigenvalue weighted by Crippen LogP contribution is 2.42. The van der Waals surface area contributed by atoms with Gasteiger partial charge in [-0.25, -0.2) is 4.79 Å². The Balaban J connectivity index is 1.87. The molecule has 1 aliphatic rings. The molecule has 0 bridgehead atoms. The van der Waals surface area contributed by atoms with Gasteiger partial charge in [0.2, 0.25) is 0 Å². The molecule has 1 heterocycles. The summed E-state index contributed by atoms with van der Waals surface area (Å²) in [7, 11) is 1.12. The maximum absolute atomic E-state index is 13.3. The van der Waals surface area contributed by atoms with E-state index >= 15 is 0 Å². The lowest BCUT2D eigenvalue weighted by atomic mass is 10.1. The molecular weight excluding hydrogens is 418 g/mol. The van der Waals surface area contributed by atoms with E-state index in [-0.39, 0.29) is 23.7 Å². The van der Waals surface area contributed by atoms with Gasteiger partial charge in [-0.2, -0.15) is 13.2 Å². The SMILES string of the molecule is COc1cc2c(cc1C(F)(F)F)N(C(=O)Nc1cc(C)cc(OC(F)(F)F)c1)CC2. The van der Waals surface area contributed by atoms with Crippen molar-refractivity contribution in [3.05, 3.63) is 47.0 Å². The first-order valence-corrected chi connectivity index (χ1v) is 8.61. The molecule has 30 heavy (non-hydrogen) atoms. The van der Waals surface area contributed by atoms with Crippen LogP contribution in [0.25, 0.3) is 0 Å². The Morgan fingerprint density at radius 2 is 1.77 bits per heavy atom. The van der Waals surface area contributed by atoms with Crippen LogP contribution in [0.15, 0.2) is 30.3 Å². The van der Waals surface area contributed by atoms with Crippen molar-refractivity contribution in [1.29, 1.82) is 0 Å². The predicted octanol–water partition coefficient (Wildman–Crippen LogP) is 5.52. The molecule has 0 atom stereocenters. The number of aryl methyl sites for hydroxylation is 1. The molecule has 0 radical (unpaired) electrons. The van der Waals surface area contributed by atoms with E-state index < -0.39 is 29.9 Å². The van der Waals surface area contributed by atoms with Gasteiger partial charge in [-0.15, -0.1) is 13.2 Å². The lowest BCUT2D eigenvalue weighted by Gasteiger charge is -2.21. The summed E-state index contributed by atoms with van der Waals surface area (Å²) in [5.41, 5.74) is -0.0875. The average molecular weight is 434 g/mol. The van der Waals surface area contributed by atoms with E-state index in [0.717, 1.165) is 30.2 Å². The van der Waals surface area contributed by atoms with Crippen molar-refractivity contribution in [2.24, 2.45) is 0 Å². The minimum absolute atomic E-state index is 0.0113. The number of amides is 2. The third kappa shape index (κ3) is 4.71. The van der Waals surface area contributed by atoms with E-state index in [1.54, 1.807) is 0 Å². The Hall–Kier alpha value is -3.11. The minimum Gasteiger partial charge on any atom is -0.496 e. The molecule has 0 aliphatic carbocycles. The zero-order valence-electron chi connectivity index (χ0n) is 15.7. The van der Waals surface area contributed by atoms with Crippen molar-refractivity contribution in [2.75, 3.05) is 23.9 Å². The van der Waals surface area contributed by atoms with Crippen LogP contribution in [-0.2, 0) is 12.6 Å². The van der Waals surface area contributed by atoms with Crippen LogP contribution >= 0.6 is 0 Å². The summed E-state index contributed by atoms with van der Waals surface area (Å²) in [5, 5.41) is 2.41. The van der Waals surface area contributed by atoms with E-state index in [9.17, 15) is 31.1 Å². The summed E-state index contributed by atoms with van der Waals surface area (Å²) >= 11 is 0. The molecule has 0 aromatic heterocycles. The van der Waals surface area contributed by atoms with E-state index in [2.05, 4.69) is 10.1 Å². The van der Waals surface area contributed by atoms with Gasteiger partial charge >= 0.3 is 18.6 Å². The highest BCUT2D eigenvalue weighted by atomic mass is 19.4. The second kappa shape index (κ2) is 7.62. The number of alkyl halides is 6. The number of hydrogen-bond acceptors (Lipinski definition) is 3. The summed E-state index contributed by atoms with van der Waals surface area (Å²) in [4.78, 5) is 13.7. The first-order valence-electron chi connectivity index (χ1n) is 8.61. The van der Waals surface area contributed by atoms with Crippen LogP contribution in [0.3, 0.4) is 0 Å². The lowest BCUT2D eigenvalue weighted by Crippen LogP contribution is -2.33. The van der Waals surface area contributed by atoms with Crippen molar-refractivity contribution in [3.63, 3.8) is 0 Å². The van der Waals surface area contributed by atoms with Crippen LogP contribution in [0.2, 0.25) is 0 Å². The Morgan fingerprint density at radius 1 is 1.07 bits per heavy atom. The van der Waals surface area contributed by atoms with Crippen molar-refractivity contribution >= 4 is 17.4 Å². The van der Waals surface area contributed by atoms with Crippen molar-refractivity contribution in [3.8, 4) is 11.5 Å². The standard InChI is InChI=1S/C19H16F6N2O3/c1-10-5-12(8-13(6-10)30-19(23,24)25)26-17(28)27-4-3-11-7-16(29-2)14(9-15(11)27)18(20,21)22/h5-9H,3-4H2,1-2H3,(H,26,28). The second-order valence-corrected chi connectivity index (χ2v) is 6.59. The van der Waals surface area contributed by atoms with Gasteiger partial charge in [-0.05, 0) is 48.7 Å². The molecule has 1 N–H and O–H groups in total. The number of nitrogens with one attached hydrogen (secondary N) is 1. The van der Waals surface area contributed by atoms with Crippen molar-refractivity contribution in [2.45, 2.75) is 25.9 Å². The Kier molecular flexibility index (Phi) is 5.48. The highest BCUT2D eigenvalue weighted by molar-refractivity contribution is 6.03. The number of urea groups is 1. The third-order valence-corrected chi connectivity index (χ3v) is 4.38. The fraction of sp³-hybridized carbons (Fsp3) is 0.316. The Morgan fingerprint density at radius 3 is 2.37 bits per heavy atom. The summed E-state index contributed by atoms with van der Waals surface area (Å²) in [5.74, 6) is -0.875. The molecule has 11 heteroatoms. The van der Waals surface area contributed by atoms with Gasteiger partial charge in [0.25, 0.3) is 0 Å². The van der Waals surface area contributed by atoms with E-state index in [0.29, 0.717) is 17.5 Å². The monoisotopic (exact) mass is 434 g/mol. The van der Waals surface area contributed by atoms with Crippen LogP contribution in [0, 0.1) is 6.92 Å². The first-order chi connectivity index (χ1) is 13.9. The topological polar surface area (TPSA) is 50.8 Å².